The fourth-order valence-electron chi connectivity index (χ4n) is 0.294. The van der Waals surface area contributed by atoms with Gasteiger partial charge in [0.05, 0.1) is 39.1 Å². The zero-order valence-electron chi connectivity index (χ0n) is 21.3. The van der Waals surface area contributed by atoms with Gasteiger partial charge in [-0.05, 0) is 0 Å². The quantitative estimate of drug-likeness (QED) is 0.248. The summed E-state index contributed by atoms with van der Waals surface area (Å²) in [6.07, 6.45) is 0. The minimum atomic E-state index is -5.88. The van der Waals surface area contributed by atoms with Crippen LogP contribution < -0.4 is 5.31 Å². The molecule has 0 spiro atoms. The minimum absolute atomic E-state index is 1.33. The van der Waals surface area contributed by atoms with E-state index in [1.807, 2.05) is 0 Å². The van der Waals surface area contributed by atoms with Crippen molar-refractivity contribution >= 4 is 10.1 Å². The molecule has 7 nitrogen and oxygen atoms in total. The number of rotatable bonds is 11. The Kier molecular flexibility index (Phi) is 1.16. The van der Waals surface area contributed by atoms with Gasteiger partial charge in [0.1, 0.15) is 1.41 Å². The van der Waals surface area contributed by atoms with Gasteiger partial charge in [0.2, 0.25) is 5.72 Å². The molecule has 0 aliphatic rings. The monoisotopic (exact) mass is 244 g/mol. The van der Waals surface area contributed by atoms with Crippen molar-refractivity contribution in [2.45, 2.75) is 5.54 Å². The highest BCUT2D eigenvalue weighted by atomic mass is 32.2. The van der Waals surface area contributed by atoms with E-state index in [1.165, 1.54) is 0 Å². The smallest absolute Gasteiger partial charge is 0.266 e. The Morgan fingerprint density at radius 2 is 1.93 bits per heavy atom. The molecule has 0 saturated carbocycles. The lowest BCUT2D eigenvalue weighted by molar-refractivity contribution is 0.0440. The summed E-state index contributed by atoms with van der Waals surface area (Å²) in [5.41, 5.74) is -9.02. The molecule has 0 bridgehead atoms. The average molecular weight is 244 g/mol. The molecule has 8 heteroatoms. The third kappa shape index (κ3) is 4.84. The van der Waals surface area contributed by atoms with Crippen LogP contribution in [-0.2, 0) is 10.1 Å². The van der Waals surface area contributed by atoms with Crippen molar-refractivity contribution in [2.24, 2.45) is 0 Å². The molecule has 0 rings (SSSR count). The van der Waals surface area contributed by atoms with Gasteiger partial charge in [0.25, 0.3) is 10.1 Å². The predicted molar refractivity (Wildman–Crippen MR) is 48.4 cm³/mol. The number of hydrogen-bond donors (Lipinski definition) is 5. The van der Waals surface area contributed by atoms with Gasteiger partial charge in [-0.15, -0.1) is 0 Å². The molecule has 14 heavy (non-hydrogen) atoms. The van der Waals surface area contributed by atoms with E-state index in [4.69, 9.17) is 20.8 Å². The maximum absolute atomic E-state index is 11.6. The van der Waals surface area contributed by atoms with Gasteiger partial charge in [-0.25, -0.2) is 0 Å². The van der Waals surface area contributed by atoms with E-state index in [9.17, 15) is 8.42 Å². The van der Waals surface area contributed by atoms with Gasteiger partial charge < -0.3 is 20.6 Å². The Morgan fingerprint density at radius 1 is 1.36 bits per heavy atom. The highest BCUT2D eigenvalue weighted by Crippen LogP contribution is 2.00. The Morgan fingerprint density at radius 3 is 2.36 bits per heavy atom. The van der Waals surface area contributed by atoms with E-state index < -0.39 is 52.8 Å². The first kappa shape index (κ1) is 2.90. The number of hydrogen-bond acceptors (Lipinski definition) is 7. The van der Waals surface area contributed by atoms with Crippen molar-refractivity contribution in [1.82, 2.24) is 5.31 Å². The van der Waals surface area contributed by atoms with Gasteiger partial charge in [-0.2, -0.15) is 8.42 Å². The second kappa shape index (κ2) is 5.59. The molecule has 0 aromatic rings. The van der Waals surface area contributed by atoms with Crippen molar-refractivity contribution in [3.05, 3.63) is 0 Å². The van der Waals surface area contributed by atoms with Crippen molar-refractivity contribution in [3.63, 3.8) is 0 Å². The third-order valence-corrected chi connectivity index (χ3v) is 1.18. The van der Waals surface area contributed by atoms with Crippen LogP contribution in [0.1, 0.15) is 13.7 Å². The van der Waals surface area contributed by atoms with E-state index >= 15 is 0 Å². The van der Waals surface area contributed by atoms with Crippen molar-refractivity contribution < 1.29 is 43.4 Å². The summed E-state index contributed by atoms with van der Waals surface area (Å²) in [6, 6.07) is 0. The Labute approximate surface area is 104 Å². The second-order valence-corrected chi connectivity index (χ2v) is 2.91. The summed E-state index contributed by atoms with van der Waals surface area (Å²) in [5, 5.41) is 9.26. The van der Waals surface area contributed by atoms with Gasteiger partial charge in [0, 0.05) is 12.0 Å². The first-order valence-corrected chi connectivity index (χ1v) is 4.17. The van der Waals surface area contributed by atoms with E-state index in [2.05, 4.69) is 19.9 Å². The molecule has 0 saturated heterocycles. The van der Waals surface area contributed by atoms with Crippen molar-refractivity contribution in [1.29, 1.82) is 5.72 Å². The highest BCUT2D eigenvalue weighted by molar-refractivity contribution is 7.85. The third-order valence-electron chi connectivity index (χ3n) is 0.837. The number of aliphatic hydroxyl groups is 3. The maximum atomic E-state index is 11.6. The van der Waals surface area contributed by atoms with Crippen LogP contribution in [0.4, 0.5) is 0 Å². The van der Waals surface area contributed by atoms with E-state index in [1.54, 1.807) is 0 Å². The van der Waals surface area contributed by atoms with Crippen LogP contribution in [0, 0.1) is 0 Å². The fourth-order valence-corrected chi connectivity index (χ4v) is 0.451. The van der Waals surface area contributed by atoms with Gasteiger partial charge in [-0.3, -0.25) is 4.56 Å². The standard InChI is InChI=1S/C6H15NO6S/c8-3-6(4-9,5-10)7-1-2-14(11,12)13/h7-10H,1-5H2,(H,11,12,13)/i1D2,2D2,3D2,4D2,5D2,8D,9D,10D/hD2. The van der Waals surface area contributed by atoms with Gasteiger partial charge >= 0.3 is 0 Å². The number of nitrogens with one attached hydrogen (secondary N) is 1. The maximum Gasteiger partial charge on any atom is 0.266 e. The molecule has 0 unspecified atom stereocenters. The first-order chi connectivity index (χ1) is 12.6. The first-order valence-electron chi connectivity index (χ1n) is 9.84. The summed E-state index contributed by atoms with van der Waals surface area (Å²) >= 11 is 0. The molecule has 0 aromatic carbocycles. The Balaban J connectivity index is 7.45. The predicted octanol–water partition coefficient (Wildman–Crippen LogP) is -2.82. The summed E-state index contributed by atoms with van der Waals surface area (Å²) in [5.74, 6) is 0. The zero-order chi connectivity index (χ0) is 23.9. The molecule has 0 aliphatic heterocycles. The van der Waals surface area contributed by atoms with E-state index in [-0.39, 0.29) is 0 Å². The molecule has 86 valence electrons. The van der Waals surface area contributed by atoms with Gasteiger partial charge in [-0.1, -0.05) is 0 Å². The van der Waals surface area contributed by atoms with Crippen molar-refractivity contribution in [3.8, 4) is 0 Å². The highest BCUT2D eigenvalue weighted by Gasteiger charge is 2.27. The summed E-state index contributed by atoms with van der Waals surface area (Å²) < 4.78 is 136. The lowest BCUT2D eigenvalue weighted by Crippen LogP contribution is -2.55. The Bertz CT molecular complexity index is 642. The van der Waals surface area contributed by atoms with Crippen LogP contribution in [0.25, 0.3) is 1.43 Å². The molecule has 0 fully saturated rings. The van der Waals surface area contributed by atoms with Crippen LogP contribution in [0.3, 0.4) is 0 Å². The van der Waals surface area contributed by atoms with E-state index in [0.29, 0.717) is 0 Å². The van der Waals surface area contributed by atoms with Crippen LogP contribution in [-0.4, -0.2) is 70.0 Å². The van der Waals surface area contributed by atoms with Crippen LogP contribution in [0.15, 0.2) is 0 Å². The minimum Gasteiger partial charge on any atom is -0.394 e. The van der Waals surface area contributed by atoms with Crippen molar-refractivity contribution in [2.75, 3.05) is 31.9 Å². The summed E-state index contributed by atoms with van der Waals surface area (Å²) in [4.78, 5) is 0. The molecule has 0 heterocycles. The molecule has 0 radical (unpaired) electrons. The van der Waals surface area contributed by atoms with E-state index in [0.717, 1.165) is 0 Å². The average Bonchev–Trinajstić information content (AvgIpc) is 2.60. The fraction of sp³-hybridized carbons (Fsp3) is 1.00. The Hall–Kier alpha value is -0.250. The molecule has 5 N–H and O–H groups in total. The lowest BCUT2D eigenvalue weighted by atomic mass is 10.0. The molecule has 0 aromatic heterocycles. The zero-order valence-corrected chi connectivity index (χ0v) is 7.12. The van der Waals surface area contributed by atoms with Crippen LogP contribution in [0.5, 0.6) is 0 Å². The topological polar surface area (TPSA) is 127 Å². The van der Waals surface area contributed by atoms with Crippen LogP contribution in [0.2, 0.25) is 1.41 Å². The summed E-state index contributed by atoms with van der Waals surface area (Å²) in [7, 11) is -5.88. The molecular formula is C6H15NO6S. The largest absolute Gasteiger partial charge is 0.394 e. The second-order valence-electron chi connectivity index (χ2n) is 1.80. The molecule has 0 aliphatic carbocycles. The normalized spacial score (nSPS) is 33.9. The molecular weight excluding hydrogens is 214 g/mol. The SMILES string of the molecule is [2H]OC([2H])([2H])C(N([2H])C([2H])([2H])C([2H])([2H])S(=O)(=O)O[2H])(C([2H])([2H])O[2H])C([2H])([2H])O[2H]. The summed E-state index contributed by atoms with van der Waals surface area (Å²) in [6.45, 7) is -17.4. The van der Waals surface area contributed by atoms with Crippen LogP contribution >= 0.6 is 0 Å². The molecule has 0 amide bonds. The molecule has 0 atom stereocenters. The lowest BCUT2D eigenvalue weighted by Gasteiger charge is -2.28. The van der Waals surface area contributed by atoms with Gasteiger partial charge in [0.15, 0.2) is 0 Å².